The van der Waals surface area contributed by atoms with Gasteiger partial charge in [-0.15, -0.1) is 11.3 Å². The van der Waals surface area contributed by atoms with Gasteiger partial charge in [-0.2, -0.15) is 0 Å². The van der Waals surface area contributed by atoms with Gasteiger partial charge in [-0.3, -0.25) is 4.79 Å². The normalized spacial score (nSPS) is 13.4. The van der Waals surface area contributed by atoms with E-state index in [4.69, 9.17) is 27.9 Å². The van der Waals surface area contributed by atoms with E-state index in [1.807, 2.05) is 0 Å². The summed E-state index contributed by atoms with van der Waals surface area (Å²) in [4.78, 5) is 26.0. The summed E-state index contributed by atoms with van der Waals surface area (Å²) in [7, 11) is 0. The van der Waals surface area contributed by atoms with Crippen LogP contribution in [0.4, 0.5) is 5.00 Å². The van der Waals surface area contributed by atoms with E-state index in [0.717, 1.165) is 36.1 Å². The number of rotatable bonds is 5. The molecule has 0 radical (unpaired) electrons. The molecule has 1 heterocycles. The lowest BCUT2D eigenvalue weighted by atomic mass is 9.95. The third kappa shape index (κ3) is 4.72. The van der Waals surface area contributed by atoms with Gasteiger partial charge in [0.1, 0.15) is 5.00 Å². The number of anilines is 1. The summed E-state index contributed by atoms with van der Waals surface area (Å²) in [5, 5.41) is 4.38. The number of hydrogen-bond acceptors (Lipinski definition) is 4. The molecular formula is C20H19Cl2NO3S. The molecule has 7 heteroatoms. The Labute approximate surface area is 172 Å². The number of nitrogens with one attached hydrogen (secondary N) is 1. The first-order valence-electron chi connectivity index (χ1n) is 8.75. The van der Waals surface area contributed by atoms with Crippen molar-refractivity contribution in [2.24, 2.45) is 0 Å². The number of aryl methyl sites for hydroxylation is 1. The van der Waals surface area contributed by atoms with Crippen molar-refractivity contribution in [3.8, 4) is 0 Å². The van der Waals surface area contributed by atoms with E-state index in [2.05, 4.69) is 5.32 Å². The van der Waals surface area contributed by atoms with Gasteiger partial charge in [0.2, 0.25) is 5.91 Å². The van der Waals surface area contributed by atoms with Crippen molar-refractivity contribution in [3.63, 3.8) is 0 Å². The van der Waals surface area contributed by atoms with E-state index in [0.29, 0.717) is 32.8 Å². The molecule has 142 valence electrons. The molecule has 3 rings (SSSR count). The minimum atomic E-state index is -0.378. The number of fused-ring (bicyclic) bond motifs is 1. The molecule has 1 aliphatic rings. The van der Waals surface area contributed by atoms with Crippen LogP contribution in [0.1, 0.15) is 46.1 Å². The largest absolute Gasteiger partial charge is 0.462 e. The highest BCUT2D eigenvalue weighted by atomic mass is 35.5. The number of carbonyl (C=O) groups excluding carboxylic acids is 2. The molecule has 1 aromatic carbocycles. The molecule has 1 aromatic heterocycles. The third-order valence-electron chi connectivity index (χ3n) is 4.26. The monoisotopic (exact) mass is 423 g/mol. The second kappa shape index (κ2) is 8.91. The van der Waals surface area contributed by atoms with Crippen molar-refractivity contribution >= 4 is 57.5 Å². The Morgan fingerprint density at radius 2 is 2.04 bits per heavy atom. The molecular weight excluding hydrogens is 405 g/mol. The second-order valence-electron chi connectivity index (χ2n) is 6.12. The maximum absolute atomic E-state index is 12.4. The number of hydrogen-bond donors (Lipinski definition) is 1. The molecule has 0 saturated heterocycles. The van der Waals surface area contributed by atoms with Crippen LogP contribution in [0.3, 0.4) is 0 Å². The minimum Gasteiger partial charge on any atom is -0.462 e. The number of amides is 1. The molecule has 0 bridgehead atoms. The first-order chi connectivity index (χ1) is 13.0. The zero-order valence-electron chi connectivity index (χ0n) is 14.8. The number of carbonyl (C=O) groups is 2. The highest BCUT2D eigenvalue weighted by molar-refractivity contribution is 7.17. The summed E-state index contributed by atoms with van der Waals surface area (Å²) < 4.78 is 5.20. The van der Waals surface area contributed by atoms with Gasteiger partial charge < -0.3 is 10.1 Å². The smallest absolute Gasteiger partial charge is 0.341 e. The first kappa shape index (κ1) is 19.9. The van der Waals surface area contributed by atoms with E-state index in [1.165, 1.54) is 17.4 Å². The van der Waals surface area contributed by atoms with Crippen molar-refractivity contribution in [2.45, 2.75) is 32.6 Å². The maximum atomic E-state index is 12.4. The van der Waals surface area contributed by atoms with Crippen LogP contribution in [0.25, 0.3) is 6.08 Å². The van der Waals surface area contributed by atoms with E-state index in [1.54, 1.807) is 31.2 Å². The van der Waals surface area contributed by atoms with Crippen molar-refractivity contribution in [3.05, 3.63) is 55.9 Å². The number of thiophene rings is 1. The van der Waals surface area contributed by atoms with Crippen LogP contribution in [0, 0.1) is 0 Å². The lowest BCUT2D eigenvalue weighted by Crippen LogP contribution is -2.14. The molecule has 0 aliphatic heterocycles. The molecule has 1 amide bonds. The fraction of sp³-hybridized carbons (Fsp3) is 0.300. The summed E-state index contributed by atoms with van der Waals surface area (Å²) in [5.74, 6) is -0.706. The van der Waals surface area contributed by atoms with Crippen LogP contribution in [-0.2, 0) is 22.4 Å². The van der Waals surface area contributed by atoms with E-state index in [-0.39, 0.29) is 11.9 Å². The molecule has 0 fully saturated rings. The molecule has 1 N–H and O–H groups in total. The van der Waals surface area contributed by atoms with Gasteiger partial charge in [-0.1, -0.05) is 29.3 Å². The number of esters is 1. The zero-order chi connectivity index (χ0) is 19.4. The van der Waals surface area contributed by atoms with Crippen molar-refractivity contribution < 1.29 is 14.3 Å². The molecule has 0 saturated carbocycles. The van der Waals surface area contributed by atoms with Gasteiger partial charge in [-0.05, 0) is 61.9 Å². The van der Waals surface area contributed by atoms with Gasteiger partial charge in [-0.25, -0.2) is 4.79 Å². The second-order valence-corrected chi connectivity index (χ2v) is 8.07. The summed E-state index contributed by atoms with van der Waals surface area (Å²) in [6.45, 7) is 2.07. The lowest BCUT2D eigenvalue weighted by molar-refractivity contribution is -0.111. The predicted molar refractivity (Wildman–Crippen MR) is 111 cm³/mol. The summed E-state index contributed by atoms with van der Waals surface area (Å²) >= 11 is 13.5. The van der Waals surface area contributed by atoms with Crippen LogP contribution in [-0.4, -0.2) is 18.5 Å². The van der Waals surface area contributed by atoms with Crippen LogP contribution < -0.4 is 5.32 Å². The van der Waals surface area contributed by atoms with Gasteiger partial charge in [0.05, 0.1) is 12.2 Å². The van der Waals surface area contributed by atoms with Crippen molar-refractivity contribution in [1.82, 2.24) is 0 Å². The minimum absolute atomic E-state index is 0.297. The van der Waals surface area contributed by atoms with E-state index in [9.17, 15) is 9.59 Å². The Kier molecular flexibility index (Phi) is 6.58. The summed E-state index contributed by atoms with van der Waals surface area (Å²) in [6, 6.07) is 5.06. The SMILES string of the molecule is CCOC(=O)c1c(NC(=O)/C=C\c2ccc(Cl)cc2Cl)sc2c1CCCC2. The fourth-order valence-corrected chi connectivity index (χ4v) is 4.78. The summed E-state index contributed by atoms with van der Waals surface area (Å²) in [6.07, 6.45) is 6.91. The summed E-state index contributed by atoms with van der Waals surface area (Å²) in [5.41, 5.74) is 2.21. The Hall–Kier alpha value is -1.82. The molecule has 27 heavy (non-hydrogen) atoms. The number of ether oxygens (including phenoxy) is 1. The first-order valence-corrected chi connectivity index (χ1v) is 10.3. The quantitative estimate of drug-likeness (QED) is 0.490. The highest BCUT2D eigenvalue weighted by Gasteiger charge is 2.26. The molecule has 1 aliphatic carbocycles. The third-order valence-corrected chi connectivity index (χ3v) is 6.03. The zero-order valence-corrected chi connectivity index (χ0v) is 17.1. The number of halogens is 2. The average Bonchev–Trinajstić information content (AvgIpc) is 2.99. The van der Waals surface area contributed by atoms with Crippen LogP contribution in [0.15, 0.2) is 24.3 Å². The van der Waals surface area contributed by atoms with Crippen LogP contribution in [0.5, 0.6) is 0 Å². The maximum Gasteiger partial charge on any atom is 0.341 e. The average molecular weight is 424 g/mol. The highest BCUT2D eigenvalue weighted by Crippen LogP contribution is 2.38. The van der Waals surface area contributed by atoms with E-state index >= 15 is 0 Å². The Balaban J connectivity index is 1.82. The van der Waals surface area contributed by atoms with Crippen LogP contribution >= 0.6 is 34.5 Å². The molecule has 0 unspecified atom stereocenters. The Bertz CT molecular complexity index is 905. The molecule has 4 nitrogen and oxygen atoms in total. The van der Waals surface area contributed by atoms with Gasteiger partial charge >= 0.3 is 5.97 Å². The van der Waals surface area contributed by atoms with Crippen molar-refractivity contribution in [2.75, 3.05) is 11.9 Å². The Morgan fingerprint density at radius 3 is 2.78 bits per heavy atom. The molecule has 0 atom stereocenters. The van der Waals surface area contributed by atoms with Gasteiger partial charge in [0, 0.05) is 21.0 Å². The molecule has 2 aromatic rings. The fourth-order valence-electron chi connectivity index (χ4n) is 3.03. The van der Waals surface area contributed by atoms with E-state index < -0.39 is 0 Å². The lowest BCUT2D eigenvalue weighted by Gasteiger charge is -2.12. The topological polar surface area (TPSA) is 55.4 Å². The van der Waals surface area contributed by atoms with Crippen molar-refractivity contribution in [1.29, 1.82) is 0 Å². The standard InChI is InChI=1S/C20H19Cl2NO3S/c1-2-26-20(25)18-14-5-3-4-6-16(14)27-19(18)23-17(24)10-8-12-7-9-13(21)11-15(12)22/h7-11H,2-6H2,1H3,(H,23,24)/b10-8-. The molecule has 0 spiro atoms. The Morgan fingerprint density at radius 1 is 1.26 bits per heavy atom. The van der Waals surface area contributed by atoms with Gasteiger partial charge in [0.25, 0.3) is 0 Å². The van der Waals surface area contributed by atoms with Crippen LogP contribution in [0.2, 0.25) is 10.0 Å². The predicted octanol–water partition coefficient (Wildman–Crippen LogP) is 5.76. The van der Waals surface area contributed by atoms with Gasteiger partial charge in [0.15, 0.2) is 0 Å². The number of benzene rings is 1.